The zero-order chi connectivity index (χ0) is 21.9. The molecule has 0 bridgehead atoms. The van der Waals surface area contributed by atoms with Gasteiger partial charge in [0.25, 0.3) is 0 Å². The predicted octanol–water partition coefficient (Wildman–Crippen LogP) is 1.79. The molecule has 31 heavy (non-hydrogen) atoms. The maximum absolute atomic E-state index is 12.6. The Hall–Kier alpha value is -2.66. The van der Waals surface area contributed by atoms with Crippen molar-refractivity contribution in [3.05, 3.63) is 29.9 Å². The summed E-state index contributed by atoms with van der Waals surface area (Å²) in [5.74, 6) is 1.57. The number of nitrogens with zero attached hydrogens (tertiary/aromatic N) is 2. The lowest BCUT2D eigenvalue weighted by Crippen LogP contribution is -2.45. The van der Waals surface area contributed by atoms with Gasteiger partial charge in [-0.2, -0.15) is 4.98 Å². The van der Waals surface area contributed by atoms with Crippen LogP contribution in [0, 0.1) is 6.92 Å². The van der Waals surface area contributed by atoms with Crippen LogP contribution in [0.4, 0.5) is 0 Å². The predicted molar refractivity (Wildman–Crippen MR) is 109 cm³/mol. The van der Waals surface area contributed by atoms with Gasteiger partial charge in [-0.05, 0) is 25.0 Å². The fourth-order valence-electron chi connectivity index (χ4n) is 3.90. The third kappa shape index (κ3) is 4.82. The minimum Gasteiger partial charge on any atom is -0.490 e. The molecule has 0 spiro atoms. The molecule has 1 fully saturated rings. The largest absolute Gasteiger partial charge is 0.490 e. The molecule has 1 amide bonds. The minimum absolute atomic E-state index is 0.0115. The molecule has 1 aromatic heterocycles. The Morgan fingerprint density at radius 1 is 1.13 bits per heavy atom. The quantitative estimate of drug-likeness (QED) is 0.652. The number of hydrogen-bond acceptors (Lipinski definition) is 8. The lowest BCUT2D eigenvalue weighted by atomic mass is 9.96. The Morgan fingerprint density at radius 2 is 1.87 bits per heavy atom. The first-order valence-corrected chi connectivity index (χ1v) is 11.9. The van der Waals surface area contributed by atoms with Crippen LogP contribution in [0.3, 0.4) is 0 Å². The molecule has 1 aliphatic carbocycles. The molecule has 1 saturated carbocycles. The van der Waals surface area contributed by atoms with Crippen molar-refractivity contribution < 1.29 is 27.2 Å². The summed E-state index contributed by atoms with van der Waals surface area (Å²) >= 11 is 0. The average molecular weight is 451 g/mol. The van der Waals surface area contributed by atoms with Gasteiger partial charge in [0.05, 0.1) is 18.1 Å². The summed E-state index contributed by atoms with van der Waals surface area (Å²) in [4.78, 5) is 16.9. The van der Waals surface area contributed by atoms with Gasteiger partial charge in [0.2, 0.25) is 21.8 Å². The third-order valence-electron chi connectivity index (χ3n) is 5.46. The molecular weight excluding hydrogens is 424 g/mol. The number of amides is 1. The summed E-state index contributed by atoms with van der Waals surface area (Å²) in [6.45, 7) is 2.66. The van der Waals surface area contributed by atoms with Gasteiger partial charge in [0.15, 0.2) is 17.3 Å². The Morgan fingerprint density at radius 3 is 2.58 bits per heavy atom. The maximum atomic E-state index is 12.6. The minimum atomic E-state index is -3.80. The first-order valence-electron chi connectivity index (χ1n) is 10.4. The van der Waals surface area contributed by atoms with Crippen LogP contribution in [0.15, 0.2) is 27.6 Å². The summed E-state index contributed by atoms with van der Waals surface area (Å²) in [7, 11) is -3.80. The highest BCUT2D eigenvalue weighted by molar-refractivity contribution is 7.89. The van der Waals surface area contributed by atoms with Crippen molar-refractivity contribution in [3.63, 3.8) is 0 Å². The summed E-state index contributed by atoms with van der Waals surface area (Å²) < 4.78 is 43.9. The van der Waals surface area contributed by atoms with Crippen molar-refractivity contribution in [2.24, 2.45) is 0 Å². The molecule has 1 aromatic carbocycles. The number of fused-ring (bicyclic) bond motifs is 1. The highest BCUT2D eigenvalue weighted by Gasteiger charge is 2.41. The molecule has 168 valence electrons. The average Bonchev–Trinajstić information content (AvgIpc) is 3.31. The van der Waals surface area contributed by atoms with Crippen molar-refractivity contribution in [2.45, 2.75) is 55.9 Å². The van der Waals surface area contributed by atoms with E-state index >= 15 is 0 Å². The standard InChI is InChI=1S/C20H26N4O6S/c1-14-22-19(24-30-14)20(8-2-3-9-20)23-18(25)7-10-21-31(26,27)15-5-6-16-17(13-15)29-12-4-11-28-16/h5-6,13,21H,2-4,7-12H2,1H3,(H,23,25). The molecule has 0 atom stereocenters. The number of ether oxygens (including phenoxy) is 2. The first kappa shape index (κ1) is 21.6. The first-order chi connectivity index (χ1) is 14.9. The van der Waals surface area contributed by atoms with Crippen LogP contribution >= 0.6 is 0 Å². The molecule has 0 radical (unpaired) electrons. The van der Waals surface area contributed by atoms with E-state index in [1.165, 1.54) is 12.1 Å². The summed E-state index contributed by atoms with van der Waals surface area (Å²) in [5, 5.41) is 6.99. The molecule has 11 heteroatoms. The molecule has 0 saturated heterocycles. The van der Waals surface area contributed by atoms with Crippen LogP contribution in [-0.2, 0) is 20.4 Å². The van der Waals surface area contributed by atoms with Gasteiger partial charge in [-0.3, -0.25) is 4.79 Å². The normalized spacial score (nSPS) is 17.8. The van der Waals surface area contributed by atoms with Crippen molar-refractivity contribution in [3.8, 4) is 11.5 Å². The second-order valence-corrected chi connectivity index (χ2v) is 9.55. The number of carbonyl (C=O) groups excluding carboxylic acids is 1. The summed E-state index contributed by atoms with van der Waals surface area (Å²) in [6.07, 6.45) is 4.06. The Kier molecular flexibility index (Phi) is 6.15. The second kappa shape index (κ2) is 8.83. The fraction of sp³-hybridized carbons (Fsp3) is 0.550. The number of aromatic nitrogens is 2. The topological polar surface area (TPSA) is 133 Å². The molecule has 2 aromatic rings. The Labute approximate surface area is 180 Å². The van der Waals surface area contributed by atoms with Crippen LogP contribution in [0.2, 0.25) is 0 Å². The molecule has 2 heterocycles. The number of carbonyl (C=O) groups is 1. The van der Waals surface area contributed by atoms with Crippen LogP contribution in [0.1, 0.15) is 50.2 Å². The van der Waals surface area contributed by atoms with Gasteiger partial charge in [-0.15, -0.1) is 0 Å². The molecule has 10 nitrogen and oxygen atoms in total. The lowest BCUT2D eigenvalue weighted by molar-refractivity contribution is -0.123. The molecule has 0 unspecified atom stereocenters. The van der Waals surface area contributed by atoms with E-state index in [1.54, 1.807) is 13.0 Å². The molecule has 2 aliphatic rings. The van der Waals surface area contributed by atoms with Crippen LogP contribution < -0.4 is 19.5 Å². The zero-order valence-electron chi connectivity index (χ0n) is 17.3. The van der Waals surface area contributed by atoms with Crippen molar-refractivity contribution in [2.75, 3.05) is 19.8 Å². The maximum Gasteiger partial charge on any atom is 0.240 e. The van der Waals surface area contributed by atoms with Gasteiger partial charge >= 0.3 is 0 Å². The van der Waals surface area contributed by atoms with Crippen LogP contribution in [0.5, 0.6) is 11.5 Å². The van der Waals surface area contributed by atoms with Crippen molar-refractivity contribution >= 4 is 15.9 Å². The SMILES string of the molecule is Cc1nc(C2(NC(=O)CCNS(=O)(=O)c3ccc4c(c3)OCCCO4)CCCC2)no1. The molecule has 2 N–H and O–H groups in total. The zero-order valence-corrected chi connectivity index (χ0v) is 18.2. The summed E-state index contributed by atoms with van der Waals surface area (Å²) in [6, 6.07) is 4.48. The van der Waals surface area contributed by atoms with Gasteiger partial charge in [0, 0.05) is 32.4 Å². The Balaban J connectivity index is 1.36. The van der Waals surface area contributed by atoms with E-state index < -0.39 is 15.6 Å². The number of sulfonamides is 1. The number of hydrogen-bond donors (Lipinski definition) is 2. The van der Waals surface area contributed by atoms with Gasteiger partial charge in [-0.25, -0.2) is 13.1 Å². The van der Waals surface area contributed by atoms with E-state index in [0.29, 0.717) is 36.4 Å². The number of rotatable bonds is 7. The molecular formula is C20H26N4O6S. The van der Waals surface area contributed by atoms with E-state index in [0.717, 1.165) is 32.1 Å². The number of aryl methyl sites for hydroxylation is 1. The molecule has 4 rings (SSSR count). The van der Waals surface area contributed by atoms with E-state index in [2.05, 4.69) is 20.2 Å². The van der Waals surface area contributed by atoms with E-state index in [1.807, 2.05) is 0 Å². The van der Waals surface area contributed by atoms with Crippen molar-refractivity contribution in [1.29, 1.82) is 0 Å². The summed E-state index contributed by atoms with van der Waals surface area (Å²) in [5.41, 5.74) is -0.651. The van der Waals surface area contributed by atoms with Crippen LogP contribution in [0.25, 0.3) is 0 Å². The van der Waals surface area contributed by atoms with E-state index in [-0.39, 0.29) is 23.8 Å². The lowest BCUT2D eigenvalue weighted by Gasteiger charge is -2.26. The van der Waals surface area contributed by atoms with Crippen molar-refractivity contribution in [1.82, 2.24) is 20.2 Å². The smallest absolute Gasteiger partial charge is 0.240 e. The van der Waals surface area contributed by atoms with Gasteiger partial charge in [0.1, 0.15) is 5.54 Å². The highest BCUT2D eigenvalue weighted by Crippen LogP contribution is 2.37. The van der Waals surface area contributed by atoms with Gasteiger partial charge < -0.3 is 19.3 Å². The second-order valence-electron chi connectivity index (χ2n) is 7.78. The van der Waals surface area contributed by atoms with E-state index in [9.17, 15) is 13.2 Å². The van der Waals surface area contributed by atoms with E-state index in [4.69, 9.17) is 14.0 Å². The third-order valence-corrected chi connectivity index (χ3v) is 6.92. The highest BCUT2D eigenvalue weighted by atomic mass is 32.2. The number of benzene rings is 1. The van der Waals surface area contributed by atoms with Gasteiger partial charge in [-0.1, -0.05) is 18.0 Å². The Bertz CT molecular complexity index is 1050. The fourth-order valence-corrected chi connectivity index (χ4v) is 4.95. The van der Waals surface area contributed by atoms with Crippen LogP contribution in [-0.4, -0.2) is 44.2 Å². The molecule has 1 aliphatic heterocycles. The number of nitrogens with one attached hydrogen (secondary N) is 2. The monoisotopic (exact) mass is 450 g/mol.